The molecule has 32 nitrogen and oxygen atoms in total. The number of nitrogens with two attached hydrogens (primary N) is 1. The Morgan fingerprint density at radius 3 is 1.60 bits per heavy atom. The number of hydrogen-bond acceptors (Lipinski definition) is 23. The topological polar surface area (TPSA) is 388 Å². The number of ketones is 1. The molecule has 36 heteroatoms. The maximum absolute atomic E-state index is 14.9. The van der Waals surface area contributed by atoms with Crippen molar-refractivity contribution < 1.29 is 109 Å². The lowest BCUT2D eigenvalue weighted by Crippen LogP contribution is -2.53. The van der Waals surface area contributed by atoms with Crippen molar-refractivity contribution in [1.29, 1.82) is 0 Å². The number of carbonyl (C=O) groups excluding carboxylic acids is 10. The second-order valence-electron chi connectivity index (χ2n) is 27.3. The Labute approximate surface area is 679 Å². The fourth-order valence-corrected chi connectivity index (χ4v) is 15.1. The van der Waals surface area contributed by atoms with Gasteiger partial charge in [-0.15, -0.1) is 34.5 Å². The molecule has 0 fully saturated rings. The van der Waals surface area contributed by atoms with Crippen molar-refractivity contribution in [3.8, 4) is 11.5 Å². The normalized spacial score (nSPS) is 15.4. The van der Waals surface area contributed by atoms with Crippen molar-refractivity contribution in [2.24, 2.45) is 17.6 Å². The molecule has 9 rings (SSSR count). The number of imide groups is 1. The first-order chi connectivity index (χ1) is 55.4. The zero-order chi connectivity index (χ0) is 82.6. The first-order valence-electron chi connectivity index (χ1n) is 37.6. The number of nitrogens with one attached hydrogen (secondary N) is 3. The Balaban J connectivity index is 0.757. The monoisotopic (exact) mass is 1670 g/mol. The number of alkyl halides is 2. The molecule has 0 bridgehead atoms. The molecule has 5 atom stereocenters. The Hall–Kier alpha value is -9.19. The van der Waals surface area contributed by atoms with E-state index in [-0.39, 0.29) is 180 Å². The molecule has 0 aliphatic carbocycles. The minimum absolute atomic E-state index is 0.0352. The Bertz CT molecular complexity index is 4440. The van der Waals surface area contributed by atoms with Gasteiger partial charge in [-0.2, -0.15) is 0 Å². The van der Waals surface area contributed by atoms with Crippen molar-refractivity contribution in [2.45, 2.75) is 64.0 Å². The van der Waals surface area contributed by atoms with E-state index >= 15 is 0 Å². The van der Waals surface area contributed by atoms with Crippen LogP contribution in [-0.2, 0) is 77.8 Å². The van der Waals surface area contributed by atoms with E-state index in [0.29, 0.717) is 97.0 Å². The van der Waals surface area contributed by atoms with Gasteiger partial charge in [0.05, 0.1) is 139 Å². The van der Waals surface area contributed by atoms with Gasteiger partial charge in [-0.25, -0.2) is 29.0 Å². The number of carbonyl (C=O) groups is 10. The van der Waals surface area contributed by atoms with Crippen LogP contribution in [0.3, 0.4) is 0 Å². The molecule has 4 heterocycles. The summed E-state index contributed by atoms with van der Waals surface area (Å²) in [5, 5.41) is 12.6. The molecule has 0 saturated carbocycles. The first kappa shape index (κ1) is 89.7. The van der Waals surface area contributed by atoms with Gasteiger partial charge in [0.15, 0.2) is 5.78 Å². The number of halogens is 2. The number of nitrogens with zero attached hydrogens (tertiary/aromatic N) is 5. The molecule has 0 radical (unpaired) electrons. The zero-order valence-corrected chi connectivity index (χ0v) is 67.9. The van der Waals surface area contributed by atoms with E-state index in [4.69, 9.17) is 80.8 Å². The van der Waals surface area contributed by atoms with Gasteiger partial charge < -0.3 is 88.3 Å². The predicted molar refractivity (Wildman–Crippen MR) is 429 cm³/mol. The second-order valence-corrected chi connectivity index (χ2v) is 30.8. The maximum atomic E-state index is 14.9. The van der Waals surface area contributed by atoms with Gasteiger partial charge in [0, 0.05) is 124 Å². The number of thiophene rings is 1. The van der Waals surface area contributed by atoms with Crippen LogP contribution in [0.1, 0.15) is 87.4 Å². The number of hydrazine groups is 1. The van der Waals surface area contributed by atoms with E-state index < -0.39 is 61.4 Å². The predicted octanol–water partition coefficient (Wildman–Crippen LogP) is 9.38. The number of urea groups is 1. The summed E-state index contributed by atoms with van der Waals surface area (Å²) < 4.78 is 74.1. The summed E-state index contributed by atoms with van der Waals surface area (Å²) >= 11 is 14.2. The van der Waals surface area contributed by atoms with Crippen molar-refractivity contribution in [3.05, 3.63) is 136 Å². The number of benzene rings is 5. The van der Waals surface area contributed by atoms with E-state index in [0.717, 1.165) is 44.0 Å². The maximum Gasteiger partial charge on any atom is 0.434 e. The smallest absolute Gasteiger partial charge is 0.434 e. The van der Waals surface area contributed by atoms with Gasteiger partial charge in [-0.3, -0.25) is 38.5 Å². The number of ether oxygens (including phenoxy) is 10. The highest BCUT2D eigenvalue weighted by molar-refractivity contribution is 7.52. The van der Waals surface area contributed by atoms with Gasteiger partial charge >= 0.3 is 25.8 Å². The minimum atomic E-state index is -4.04. The van der Waals surface area contributed by atoms with Gasteiger partial charge in [0.1, 0.15) is 18.1 Å². The highest BCUT2D eigenvalue weighted by atomic mass is 35.5. The van der Waals surface area contributed by atoms with Crippen LogP contribution in [0.25, 0.3) is 21.5 Å². The van der Waals surface area contributed by atoms with Crippen LogP contribution in [0.4, 0.5) is 31.4 Å². The SMILES string of the molecule is COCCN(C(=O)OCc1ccc(NC(=O)[C@H](CCCNC(N)=O)CC(=O)[C@@H](NC(=O)CCOCCOCCOCCOCCOCCOCCN2C(=O)C=CC2=O)C(C)C)cc1)N(CCOC)C(=O)Oc1cc2c(c3ccccc13)[C@H](CCl)CN2C(=O)c1ccc(C(=O)N2C[C@@H](CCl)c3c2cc(OP(C)(=O)O)c2ccccc32)s1. The standard InChI is InChI=1S/C79H98Cl2N9O23PS/c1-51(2)73(85-68(92)24-29-105-33-35-107-37-39-109-41-42-110-40-38-108-36-34-106-32-26-86-69(93)22-23-70(86)94)63(91)43-53(11-10-25-83-77(82)98)74(95)84-56-18-16-52(17-19-56)50-111-78(99)89(27-30-103-3)90(28-31-104-4)79(100)112-64-44-61-71(59-14-8-6-12-57(59)64)54(46-80)48-87(61)75(96)66-20-21-67(115-66)76(97)88-49-55(47-81)72-60-15-9-7-13-58(60)65(45-62(72)88)113-114(5,101)102/h6-9,12-23,44-45,51,53-55,73H,10-11,24-43,46-50H2,1-5H3,(H,84,95)(H,85,92)(H,101,102)(H3,82,83,98)/t53-,54-,55-,73+/m1/s1. The number of fused-ring (bicyclic) bond motifs is 6. The summed E-state index contributed by atoms with van der Waals surface area (Å²) in [6.07, 6.45) is 0.605. The first-order valence-corrected chi connectivity index (χ1v) is 41.5. The molecule has 6 aromatic rings. The highest BCUT2D eigenvalue weighted by Crippen LogP contribution is 2.51. The molecule has 1 unspecified atom stereocenters. The zero-order valence-electron chi connectivity index (χ0n) is 64.7. The molecule has 622 valence electrons. The van der Waals surface area contributed by atoms with Crippen molar-refractivity contribution >= 4 is 140 Å². The molecule has 3 aliphatic heterocycles. The van der Waals surface area contributed by atoms with Gasteiger partial charge in [0.2, 0.25) is 11.8 Å². The largest absolute Gasteiger partial charge is 0.443 e. The Morgan fingerprint density at radius 2 is 1.11 bits per heavy atom. The minimum Gasteiger partial charge on any atom is -0.443 e. The molecule has 115 heavy (non-hydrogen) atoms. The number of primary amides is 1. The fraction of sp³-hybridized carbons (Fsp3) is 0.468. The van der Waals surface area contributed by atoms with Gasteiger partial charge in [-0.05, 0) is 70.5 Å². The van der Waals surface area contributed by atoms with E-state index in [1.54, 1.807) is 92.7 Å². The van der Waals surface area contributed by atoms with E-state index in [1.165, 1.54) is 36.2 Å². The average molecular weight is 1680 g/mol. The van der Waals surface area contributed by atoms with Crippen molar-refractivity contribution in [2.75, 3.05) is 180 Å². The van der Waals surface area contributed by atoms with Crippen LogP contribution >= 0.6 is 42.1 Å². The number of methoxy groups -OCH3 is 2. The summed E-state index contributed by atoms with van der Waals surface area (Å²) in [6, 6.07) is 25.3. The Kier molecular flexibility index (Phi) is 34.9. The van der Waals surface area contributed by atoms with Crippen molar-refractivity contribution in [3.63, 3.8) is 0 Å². The van der Waals surface area contributed by atoms with Crippen LogP contribution in [-0.4, -0.2) is 250 Å². The molecular weight excluding hydrogens is 1580 g/mol. The van der Waals surface area contributed by atoms with Crippen LogP contribution in [0.2, 0.25) is 0 Å². The summed E-state index contributed by atoms with van der Waals surface area (Å²) in [5.74, 6) is -4.42. The fourth-order valence-electron chi connectivity index (χ4n) is 13.2. The van der Waals surface area contributed by atoms with Crippen LogP contribution in [0, 0.1) is 11.8 Å². The molecule has 10 amide bonds. The highest BCUT2D eigenvalue weighted by Gasteiger charge is 2.40. The van der Waals surface area contributed by atoms with Gasteiger partial charge in [0.25, 0.3) is 23.6 Å². The molecular formula is C79H98Cl2N9O23PS. The number of hydrogen-bond donors (Lipinski definition) is 5. The lowest BCUT2D eigenvalue weighted by atomic mass is 9.89. The quantitative estimate of drug-likeness (QED) is 0.00780. The van der Waals surface area contributed by atoms with Crippen LogP contribution in [0.5, 0.6) is 11.5 Å². The van der Waals surface area contributed by atoms with Crippen molar-refractivity contribution in [1.82, 2.24) is 25.6 Å². The number of Topliss-reactive ketones (excluding diaryl/α,β-unsaturated/α-hetero) is 1. The molecule has 1 aromatic heterocycles. The summed E-state index contributed by atoms with van der Waals surface area (Å²) in [5.41, 5.74) is 8.47. The summed E-state index contributed by atoms with van der Waals surface area (Å²) in [7, 11) is -1.20. The van der Waals surface area contributed by atoms with E-state index in [2.05, 4.69) is 16.0 Å². The van der Waals surface area contributed by atoms with E-state index in [9.17, 15) is 57.4 Å². The molecule has 0 spiro atoms. The van der Waals surface area contributed by atoms with E-state index in [1.807, 2.05) is 18.2 Å². The number of rotatable bonds is 47. The third-order valence-corrected chi connectivity index (χ3v) is 21.1. The van der Waals surface area contributed by atoms with Crippen LogP contribution in [0.15, 0.2) is 109 Å². The lowest BCUT2D eigenvalue weighted by molar-refractivity contribution is -0.137. The molecule has 5 aromatic carbocycles. The second kappa shape index (κ2) is 44.8. The summed E-state index contributed by atoms with van der Waals surface area (Å²) in [6.45, 7) is 7.84. The van der Waals surface area contributed by atoms with Gasteiger partial charge in [-0.1, -0.05) is 74.5 Å². The number of amides is 10. The lowest BCUT2D eigenvalue weighted by Gasteiger charge is -2.33. The third-order valence-electron chi connectivity index (χ3n) is 18.8. The van der Waals surface area contributed by atoms with Crippen LogP contribution < -0.4 is 40.7 Å². The molecule has 3 aliphatic rings. The average Bonchev–Trinajstić information content (AvgIpc) is 1.61. The molecule has 0 saturated heterocycles. The number of anilines is 3. The summed E-state index contributed by atoms with van der Waals surface area (Å²) in [4.78, 5) is 149. The molecule has 6 N–H and O–H groups in total. The third kappa shape index (κ3) is 25.4. The Morgan fingerprint density at radius 1 is 0.635 bits per heavy atom.